The van der Waals surface area contributed by atoms with Gasteiger partial charge < -0.3 is 53.7 Å². The monoisotopic (exact) mass is 1270 g/mol. The van der Waals surface area contributed by atoms with Crippen molar-refractivity contribution in [3.05, 3.63) is 290 Å². The van der Waals surface area contributed by atoms with Crippen molar-refractivity contribution in [3.8, 4) is 57.5 Å². The molecular weight excluding hydrogens is 1220 g/mol. The molecule has 0 saturated carbocycles. The predicted molar refractivity (Wildman–Crippen MR) is 405 cm³/mol. The minimum atomic E-state index is -0.386. The third-order valence-electron chi connectivity index (χ3n) is 20.7. The number of H-pyrrole nitrogens is 2. The fraction of sp³-hybridized carbons (Fsp3) is 0.0353. The van der Waals surface area contributed by atoms with Gasteiger partial charge in [-0.05, 0) is 137 Å². The summed E-state index contributed by atoms with van der Waals surface area (Å²) in [4.78, 5) is 15.5. The molecule has 2 aromatic heterocycles. The number of para-hydroxylation sites is 7. The van der Waals surface area contributed by atoms with Crippen LogP contribution in [0.1, 0.15) is 16.7 Å². The van der Waals surface area contributed by atoms with Gasteiger partial charge in [0.05, 0.1) is 17.1 Å². The van der Waals surface area contributed by atoms with E-state index in [9.17, 15) is 0 Å². The minimum absolute atomic E-state index is 0.259. The van der Waals surface area contributed by atoms with Crippen LogP contribution >= 0.6 is 0 Å². The van der Waals surface area contributed by atoms with Crippen molar-refractivity contribution in [2.24, 2.45) is 0 Å². The SMILES string of the molecule is Cc1cc(C)c(N2c3cc4c(cc3B3c5[nH]c6ccccc6c5N(c5ccccc5)c5cc(Oc6ccccc6)cc2c53)B2c3cc5c(cc3Oc3cc(Oc6ccccc6)cc(c32)O4)Nc2cc(Oc3ccccc3)cc3c2B5c2[nH]c4ccccc4c2N3c2ccccc2)c(C)c1. The van der Waals surface area contributed by atoms with E-state index in [-0.39, 0.29) is 20.1 Å². The quantitative estimate of drug-likeness (QED) is 0.122. The molecule has 8 heterocycles. The van der Waals surface area contributed by atoms with Gasteiger partial charge in [-0.1, -0.05) is 157 Å². The highest BCUT2D eigenvalue weighted by atomic mass is 16.5. The van der Waals surface area contributed by atoms with E-state index in [1.807, 2.05) is 103 Å². The molecule has 99 heavy (non-hydrogen) atoms. The zero-order valence-electron chi connectivity index (χ0n) is 54.1. The Balaban J connectivity index is 0.828. The lowest BCUT2D eigenvalue weighted by molar-refractivity contribution is 0.443. The lowest BCUT2D eigenvalue weighted by Gasteiger charge is -2.45. The molecule has 466 valence electrons. The summed E-state index contributed by atoms with van der Waals surface area (Å²) in [6.45, 7) is 5.71. The first kappa shape index (κ1) is 55.6. The number of benzene rings is 13. The van der Waals surface area contributed by atoms with E-state index >= 15 is 0 Å². The molecule has 6 aliphatic rings. The van der Waals surface area contributed by atoms with Gasteiger partial charge in [0, 0.05) is 132 Å². The Kier molecular flexibility index (Phi) is 11.9. The fourth-order valence-electron chi connectivity index (χ4n) is 17.0. The van der Waals surface area contributed by atoms with E-state index < -0.39 is 0 Å². The van der Waals surface area contributed by atoms with Gasteiger partial charge >= 0.3 is 0 Å². The number of hydrogen-bond acceptors (Lipinski definition) is 9. The maximum atomic E-state index is 7.59. The van der Waals surface area contributed by atoms with Crippen LogP contribution in [-0.4, -0.2) is 30.1 Å². The standard InChI is InChI=1S/C85H57B3N6O5/c1-49-37-50(2)81(51(3)38-49)94-70-48-75-65(46-63(70)88-79-72(41-58(42-73(79)94)96-55-29-15-7-16-30-55)93(53-25-11-5-12-26-53)83-61-34-20-22-36-67(61)91-85(83)88)86-64-45-62-68(47-74(64)98-76-43-59(44-77(99-75)80(76)86)97-56-31-17-8-18-32-56)89-69-39-57(95-54-27-13-6-14-28-54)40-71-78(69)87(62)84-82(60-33-19-21-35-66(60)90-84)92(71)52-23-9-4-10-24-52/h4-48,89-91H,1-3H3. The van der Waals surface area contributed by atoms with Crippen molar-refractivity contribution < 1.29 is 23.7 Å². The number of aromatic nitrogens is 2. The van der Waals surface area contributed by atoms with Crippen LogP contribution in [0.15, 0.2) is 273 Å². The first-order chi connectivity index (χ1) is 48.8. The summed E-state index contributed by atoms with van der Waals surface area (Å²) in [5.41, 5.74) is 26.6. The van der Waals surface area contributed by atoms with Crippen molar-refractivity contribution in [2.75, 3.05) is 20.0 Å². The predicted octanol–water partition coefficient (Wildman–Crippen LogP) is 16.1. The van der Waals surface area contributed by atoms with Gasteiger partial charge in [-0.15, -0.1) is 0 Å². The molecule has 0 radical (unpaired) electrons. The Labute approximate surface area is 572 Å². The Hall–Kier alpha value is -12.7. The summed E-state index contributed by atoms with van der Waals surface area (Å²) in [5.74, 6) is 7.00. The normalized spacial score (nSPS) is 13.5. The van der Waals surface area contributed by atoms with Crippen molar-refractivity contribution >= 4 is 154 Å². The molecule has 13 aromatic carbocycles. The molecule has 3 N–H and O–H groups in total. The zero-order valence-corrected chi connectivity index (χ0v) is 54.1. The van der Waals surface area contributed by atoms with Crippen molar-refractivity contribution in [2.45, 2.75) is 20.8 Å². The largest absolute Gasteiger partial charge is 0.458 e. The van der Waals surface area contributed by atoms with Crippen LogP contribution < -0.4 is 93.1 Å². The lowest BCUT2D eigenvalue weighted by Crippen LogP contribution is -2.65. The summed E-state index contributed by atoms with van der Waals surface area (Å²) in [5, 5.41) is 6.27. The van der Waals surface area contributed by atoms with Gasteiger partial charge in [-0.2, -0.15) is 0 Å². The average molecular weight is 1270 g/mol. The van der Waals surface area contributed by atoms with Gasteiger partial charge in [-0.25, -0.2) is 0 Å². The number of fused-ring (bicyclic) bond motifs is 16. The molecular formula is C85H57B3N6O5. The Morgan fingerprint density at radius 3 is 1.28 bits per heavy atom. The molecule has 14 heteroatoms. The minimum Gasteiger partial charge on any atom is -0.458 e. The third-order valence-corrected chi connectivity index (χ3v) is 20.7. The van der Waals surface area contributed by atoms with E-state index in [2.05, 4.69) is 221 Å². The van der Waals surface area contributed by atoms with Gasteiger partial charge in [0.15, 0.2) is 0 Å². The van der Waals surface area contributed by atoms with Gasteiger partial charge in [-0.3, -0.25) is 0 Å². The molecule has 0 bridgehead atoms. The first-order valence-electron chi connectivity index (χ1n) is 33.8. The second-order valence-electron chi connectivity index (χ2n) is 26.7. The molecule has 0 amide bonds. The van der Waals surface area contributed by atoms with Crippen LogP contribution in [0.4, 0.5) is 62.6 Å². The van der Waals surface area contributed by atoms with Crippen LogP contribution in [0.25, 0.3) is 21.8 Å². The van der Waals surface area contributed by atoms with E-state index in [0.29, 0.717) is 34.5 Å². The van der Waals surface area contributed by atoms with Gasteiger partial charge in [0.1, 0.15) is 57.5 Å². The maximum Gasteiger partial charge on any atom is 0.272 e. The fourth-order valence-corrected chi connectivity index (χ4v) is 17.0. The number of anilines is 11. The number of aryl methyl sites for hydroxylation is 3. The lowest BCUT2D eigenvalue weighted by atomic mass is 9.30. The van der Waals surface area contributed by atoms with E-state index in [1.165, 1.54) is 5.56 Å². The second-order valence-corrected chi connectivity index (χ2v) is 26.7. The van der Waals surface area contributed by atoms with Gasteiger partial charge in [0.2, 0.25) is 0 Å². The summed E-state index contributed by atoms with van der Waals surface area (Å²) < 4.78 is 35.7. The van der Waals surface area contributed by atoms with Crippen molar-refractivity contribution in [1.82, 2.24) is 9.97 Å². The Morgan fingerprint density at radius 2 is 0.747 bits per heavy atom. The molecule has 0 unspecified atom stereocenters. The molecule has 0 spiro atoms. The van der Waals surface area contributed by atoms with Gasteiger partial charge in [0.25, 0.3) is 20.1 Å². The second kappa shape index (κ2) is 21.2. The molecule has 0 atom stereocenters. The highest BCUT2D eigenvalue weighted by molar-refractivity contribution is 7.03. The van der Waals surface area contributed by atoms with Crippen molar-refractivity contribution in [3.63, 3.8) is 0 Å². The van der Waals surface area contributed by atoms with E-state index in [0.717, 1.165) is 168 Å². The first-order valence-corrected chi connectivity index (χ1v) is 33.8. The molecule has 21 rings (SSSR count). The molecule has 11 nitrogen and oxygen atoms in total. The number of hydrogen-bond donors (Lipinski definition) is 3. The molecule has 0 fully saturated rings. The van der Waals surface area contributed by atoms with Crippen LogP contribution in [0.3, 0.4) is 0 Å². The molecule has 15 aromatic rings. The summed E-state index contributed by atoms with van der Waals surface area (Å²) in [6.07, 6.45) is 0. The Bertz CT molecular complexity index is 5890. The average Bonchev–Trinajstić information content (AvgIpc) is 1.69. The van der Waals surface area contributed by atoms with Crippen LogP contribution in [0, 0.1) is 20.8 Å². The molecule has 0 aliphatic carbocycles. The summed E-state index contributed by atoms with van der Waals surface area (Å²) >= 11 is 0. The number of aromatic amines is 2. The van der Waals surface area contributed by atoms with E-state index in [1.54, 1.807) is 0 Å². The highest BCUT2D eigenvalue weighted by Crippen LogP contribution is 2.52. The topological polar surface area (TPSA) is 99.5 Å². The van der Waals surface area contributed by atoms with Crippen LogP contribution in [0.5, 0.6) is 57.5 Å². The molecule has 6 aliphatic heterocycles. The van der Waals surface area contributed by atoms with Crippen molar-refractivity contribution in [1.29, 1.82) is 0 Å². The number of nitrogens with zero attached hydrogens (tertiary/aromatic N) is 3. The zero-order chi connectivity index (χ0) is 65.3. The maximum absolute atomic E-state index is 7.59. The number of nitrogens with one attached hydrogen (secondary N) is 3. The third kappa shape index (κ3) is 8.42. The summed E-state index contributed by atoms with van der Waals surface area (Å²) in [7, 11) is 0. The highest BCUT2D eigenvalue weighted by Gasteiger charge is 2.51. The Morgan fingerprint density at radius 1 is 0.313 bits per heavy atom. The number of rotatable bonds is 9. The van der Waals surface area contributed by atoms with E-state index in [4.69, 9.17) is 23.7 Å². The smallest absolute Gasteiger partial charge is 0.272 e. The van der Waals surface area contributed by atoms with Crippen LogP contribution in [-0.2, 0) is 0 Å². The van der Waals surface area contributed by atoms with Crippen LogP contribution in [0.2, 0.25) is 0 Å². The number of ether oxygens (including phenoxy) is 5. The summed E-state index contributed by atoms with van der Waals surface area (Å²) in [6, 6.07) is 95.9. The molecule has 0 saturated heterocycles.